The quantitative estimate of drug-likeness (QED) is 0.846. The van der Waals surface area contributed by atoms with Crippen LogP contribution in [0.1, 0.15) is 18.4 Å². The van der Waals surface area contributed by atoms with Gasteiger partial charge in [-0.1, -0.05) is 12.1 Å². The van der Waals surface area contributed by atoms with Crippen LogP contribution in [0.5, 0.6) is 0 Å². The second-order valence-corrected chi connectivity index (χ2v) is 7.11. The van der Waals surface area contributed by atoms with Gasteiger partial charge in [0.1, 0.15) is 5.82 Å². The van der Waals surface area contributed by atoms with Gasteiger partial charge in [-0.05, 0) is 64.1 Å². The highest BCUT2D eigenvalue weighted by atomic mass is 19.1. The molecule has 122 valence electrons. The summed E-state index contributed by atoms with van der Waals surface area (Å²) in [5, 5.41) is 0. The predicted octanol–water partition coefficient (Wildman–Crippen LogP) is 2.08. The monoisotopic (exact) mass is 305 g/mol. The maximum absolute atomic E-state index is 13.3. The van der Waals surface area contributed by atoms with Crippen molar-refractivity contribution in [3.05, 3.63) is 35.6 Å². The van der Waals surface area contributed by atoms with Crippen LogP contribution in [0.2, 0.25) is 0 Å². The van der Waals surface area contributed by atoms with Gasteiger partial charge in [0.15, 0.2) is 0 Å². The van der Waals surface area contributed by atoms with E-state index in [2.05, 4.69) is 28.8 Å². The SMILES string of the molecule is CN1CCC2(CC1)CN(CCc1cccc(F)c1)CCN2C. The average molecular weight is 305 g/mol. The van der Waals surface area contributed by atoms with Crippen LogP contribution in [0.3, 0.4) is 0 Å². The standard InChI is InChI=1S/C18H28FN3/c1-20-10-7-18(8-11-20)15-22(13-12-21(18)2)9-6-16-4-3-5-17(19)14-16/h3-5,14H,6-13,15H2,1-2H3. The van der Waals surface area contributed by atoms with Crippen molar-refractivity contribution in [1.82, 2.24) is 14.7 Å². The zero-order chi connectivity index (χ0) is 15.6. The lowest BCUT2D eigenvalue weighted by molar-refractivity contribution is -0.0226. The van der Waals surface area contributed by atoms with E-state index in [9.17, 15) is 4.39 Å². The Hall–Kier alpha value is -0.970. The molecule has 0 aromatic heterocycles. The van der Waals surface area contributed by atoms with E-state index in [1.807, 2.05) is 12.1 Å². The van der Waals surface area contributed by atoms with Crippen molar-refractivity contribution < 1.29 is 4.39 Å². The summed E-state index contributed by atoms with van der Waals surface area (Å²) in [5.74, 6) is -0.123. The van der Waals surface area contributed by atoms with Gasteiger partial charge in [0.05, 0.1) is 0 Å². The molecule has 2 fully saturated rings. The Bertz CT molecular complexity index is 497. The van der Waals surface area contributed by atoms with Crippen molar-refractivity contribution in [2.45, 2.75) is 24.8 Å². The van der Waals surface area contributed by atoms with Crippen LogP contribution < -0.4 is 0 Å². The first-order chi connectivity index (χ1) is 10.6. The fourth-order valence-corrected chi connectivity index (χ4v) is 3.89. The topological polar surface area (TPSA) is 9.72 Å². The molecule has 0 saturated carbocycles. The van der Waals surface area contributed by atoms with Crippen LogP contribution in [-0.4, -0.2) is 73.6 Å². The molecule has 1 spiro atoms. The molecule has 3 rings (SSSR count). The molecular formula is C18H28FN3. The van der Waals surface area contributed by atoms with Crippen molar-refractivity contribution >= 4 is 0 Å². The van der Waals surface area contributed by atoms with Gasteiger partial charge in [-0.15, -0.1) is 0 Å². The van der Waals surface area contributed by atoms with Crippen molar-refractivity contribution in [2.24, 2.45) is 0 Å². The molecule has 3 nitrogen and oxygen atoms in total. The number of hydrogen-bond acceptors (Lipinski definition) is 3. The Balaban J connectivity index is 1.59. The fourth-order valence-electron chi connectivity index (χ4n) is 3.89. The highest BCUT2D eigenvalue weighted by molar-refractivity contribution is 5.16. The van der Waals surface area contributed by atoms with E-state index in [1.54, 1.807) is 6.07 Å². The summed E-state index contributed by atoms with van der Waals surface area (Å²) in [6, 6.07) is 7.03. The molecule has 2 heterocycles. The summed E-state index contributed by atoms with van der Waals surface area (Å²) in [5.41, 5.74) is 1.46. The highest BCUT2D eigenvalue weighted by Crippen LogP contribution is 2.31. The Morgan fingerprint density at radius 3 is 2.59 bits per heavy atom. The predicted molar refractivity (Wildman–Crippen MR) is 88.6 cm³/mol. The Kier molecular flexibility index (Phi) is 4.81. The molecule has 0 atom stereocenters. The molecule has 2 aliphatic heterocycles. The number of piperazine rings is 1. The molecule has 0 bridgehead atoms. The average Bonchev–Trinajstić information content (AvgIpc) is 2.52. The maximum atomic E-state index is 13.3. The number of nitrogens with zero attached hydrogens (tertiary/aromatic N) is 3. The Morgan fingerprint density at radius 1 is 1.09 bits per heavy atom. The number of hydrogen-bond donors (Lipinski definition) is 0. The molecule has 0 unspecified atom stereocenters. The van der Waals surface area contributed by atoms with E-state index < -0.39 is 0 Å². The van der Waals surface area contributed by atoms with Gasteiger partial charge in [0.2, 0.25) is 0 Å². The number of benzene rings is 1. The lowest BCUT2D eigenvalue weighted by atomic mass is 9.84. The van der Waals surface area contributed by atoms with Crippen LogP contribution in [-0.2, 0) is 6.42 Å². The zero-order valence-electron chi connectivity index (χ0n) is 13.9. The van der Waals surface area contributed by atoms with E-state index in [4.69, 9.17) is 0 Å². The van der Waals surface area contributed by atoms with Crippen LogP contribution >= 0.6 is 0 Å². The van der Waals surface area contributed by atoms with Gasteiger partial charge < -0.3 is 4.90 Å². The van der Waals surface area contributed by atoms with Gasteiger partial charge in [0, 0.05) is 31.7 Å². The lowest BCUT2D eigenvalue weighted by Crippen LogP contribution is -2.64. The second-order valence-electron chi connectivity index (χ2n) is 7.11. The number of piperidine rings is 1. The maximum Gasteiger partial charge on any atom is 0.123 e. The van der Waals surface area contributed by atoms with Crippen LogP contribution in [0.4, 0.5) is 4.39 Å². The minimum atomic E-state index is -0.123. The molecule has 1 aromatic rings. The molecule has 2 aliphatic rings. The first kappa shape index (κ1) is 15.9. The van der Waals surface area contributed by atoms with Crippen molar-refractivity contribution in [2.75, 3.05) is 53.4 Å². The fraction of sp³-hybridized carbons (Fsp3) is 0.667. The Morgan fingerprint density at radius 2 is 1.86 bits per heavy atom. The van der Waals surface area contributed by atoms with Crippen LogP contribution in [0.15, 0.2) is 24.3 Å². The first-order valence-electron chi connectivity index (χ1n) is 8.44. The minimum absolute atomic E-state index is 0.123. The number of likely N-dealkylation sites (tertiary alicyclic amines) is 1. The molecular weight excluding hydrogens is 277 g/mol. The Labute approximate surface area is 133 Å². The first-order valence-corrected chi connectivity index (χ1v) is 8.44. The highest BCUT2D eigenvalue weighted by Gasteiger charge is 2.41. The van der Waals surface area contributed by atoms with E-state index >= 15 is 0 Å². The van der Waals surface area contributed by atoms with Gasteiger partial charge >= 0.3 is 0 Å². The van der Waals surface area contributed by atoms with Gasteiger partial charge in [-0.2, -0.15) is 0 Å². The van der Waals surface area contributed by atoms with E-state index in [1.165, 1.54) is 32.0 Å². The molecule has 0 aliphatic carbocycles. The summed E-state index contributed by atoms with van der Waals surface area (Å²) >= 11 is 0. The largest absolute Gasteiger partial charge is 0.306 e. The van der Waals surface area contributed by atoms with E-state index in [0.717, 1.165) is 38.2 Å². The van der Waals surface area contributed by atoms with Crippen LogP contribution in [0.25, 0.3) is 0 Å². The van der Waals surface area contributed by atoms with Crippen molar-refractivity contribution in [1.29, 1.82) is 0 Å². The molecule has 0 amide bonds. The smallest absolute Gasteiger partial charge is 0.123 e. The molecule has 4 heteroatoms. The molecule has 2 saturated heterocycles. The molecule has 22 heavy (non-hydrogen) atoms. The molecule has 0 N–H and O–H groups in total. The third kappa shape index (κ3) is 3.50. The number of rotatable bonds is 3. The normalized spacial score (nSPS) is 24.0. The lowest BCUT2D eigenvalue weighted by Gasteiger charge is -2.53. The van der Waals surface area contributed by atoms with Crippen LogP contribution in [0, 0.1) is 5.82 Å². The summed E-state index contributed by atoms with van der Waals surface area (Å²) in [6.07, 6.45) is 3.46. The number of likely N-dealkylation sites (N-methyl/N-ethyl adjacent to an activating group) is 1. The summed E-state index contributed by atoms with van der Waals surface area (Å²) < 4.78 is 13.3. The minimum Gasteiger partial charge on any atom is -0.306 e. The summed E-state index contributed by atoms with van der Waals surface area (Å²) in [6.45, 7) is 6.86. The van der Waals surface area contributed by atoms with Crippen molar-refractivity contribution in [3.8, 4) is 0 Å². The summed E-state index contributed by atoms with van der Waals surface area (Å²) in [4.78, 5) is 7.60. The number of halogens is 1. The van der Waals surface area contributed by atoms with Gasteiger partial charge in [-0.3, -0.25) is 9.80 Å². The third-order valence-corrected chi connectivity index (χ3v) is 5.60. The summed E-state index contributed by atoms with van der Waals surface area (Å²) in [7, 11) is 4.51. The van der Waals surface area contributed by atoms with Gasteiger partial charge in [0.25, 0.3) is 0 Å². The van der Waals surface area contributed by atoms with E-state index in [0.29, 0.717) is 5.54 Å². The van der Waals surface area contributed by atoms with Crippen molar-refractivity contribution in [3.63, 3.8) is 0 Å². The van der Waals surface area contributed by atoms with Gasteiger partial charge in [-0.25, -0.2) is 4.39 Å². The second kappa shape index (κ2) is 6.65. The molecule has 1 aromatic carbocycles. The zero-order valence-corrected chi connectivity index (χ0v) is 13.9. The third-order valence-electron chi connectivity index (χ3n) is 5.60. The van der Waals surface area contributed by atoms with E-state index in [-0.39, 0.29) is 5.82 Å². The molecule has 0 radical (unpaired) electrons.